The second-order valence-electron chi connectivity index (χ2n) is 3.08. The van der Waals surface area contributed by atoms with Crippen LogP contribution in [0, 0.1) is 0 Å². The molecule has 8 heteroatoms. The number of phenolic OH excluding ortho intramolecular Hbond substituents is 1. The van der Waals surface area contributed by atoms with Crippen LogP contribution in [-0.4, -0.2) is 28.1 Å². The van der Waals surface area contributed by atoms with E-state index in [9.17, 15) is 22.8 Å². The smallest absolute Gasteiger partial charge is 0.454 e. The van der Waals surface area contributed by atoms with Gasteiger partial charge in [0.15, 0.2) is 11.5 Å². The fraction of sp³-hybridized carbons (Fsp3) is 0.111. The summed E-state index contributed by atoms with van der Waals surface area (Å²) in [6.45, 7) is 0. The van der Waals surface area contributed by atoms with Crippen LogP contribution in [0.25, 0.3) is 0 Å². The number of aromatic hydroxyl groups is 2. The molecular weight excluding hydrogens is 243 g/mol. The van der Waals surface area contributed by atoms with Gasteiger partial charge in [0.1, 0.15) is 0 Å². The number of hydrogen-bond acceptors (Lipinski definition) is 4. The van der Waals surface area contributed by atoms with Crippen molar-refractivity contribution in [2.24, 2.45) is 5.73 Å². The summed E-state index contributed by atoms with van der Waals surface area (Å²) in [7, 11) is 0. The van der Waals surface area contributed by atoms with Crippen molar-refractivity contribution < 1.29 is 33.0 Å². The third-order valence-corrected chi connectivity index (χ3v) is 1.87. The van der Waals surface area contributed by atoms with Crippen LogP contribution >= 0.6 is 0 Å². The Hall–Kier alpha value is -2.25. The third kappa shape index (κ3) is 2.47. The first kappa shape index (κ1) is 12.8. The average molecular weight is 249 g/mol. The van der Waals surface area contributed by atoms with E-state index in [1.807, 2.05) is 0 Å². The van der Waals surface area contributed by atoms with E-state index in [0.717, 1.165) is 0 Å². The maximum absolute atomic E-state index is 12.1. The van der Waals surface area contributed by atoms with Crippen LogP contribution in [0.15, 0.2) is 12.1 Å². The molecule has 0 aliphatic heterocycles. The Bertz CT molecular complexity index is 496. The lowest BCUT2D eigenvalue weighted by Crippen LogP contribution is -2.23. The van der Waals surface area contributed by atoms with Crippen molar-refractivity contribution in [3.05, 3.63) is 23.3 Å². The number of rotatable bonds is 2. The van der Waals surface area contributed by atoms with Crippen molar-refractivity contribution in [3.63, 3.8) is 0 Å². The van der Waals surface area contributed by atoms with E-state index < -0.39 is 40.5 Å². The maximum atomic E-state index is 12.1. The number of carbonyl (C=O) groups is 2. The topological polar surface area (TPSA) is 101 Å². The number of benzene rings is 1. The highest BCUT2D eigenvalue weighted by molar-refractivity contribution is 6.04. The molecule has 0 radical (unpaired) electrons. The molecule has 1 aromatic rings. The van der Waals surface area contributed by atoms with Gasteiger partial charge in [0.2, 0.25) is 0 Å². The molecule has 0 aliphatic carbocycles. The Morgan fingerprint density at radius 1 is 1.18 bits per heavy atom. The quantitative estimate of drug-likeness (QED) is 0.536. The van der Waals surface area contributed by atoms with Crippen molar-refractivity contribution in [1.29, 1.82) is 0 Å². The molecule has 17 heavy (non-hydrogen) atoms. The van der Waals surface area contributed by atoms with E-state index in [-0.39, 0.29) is 0 Å². The normalized spacial score (nSPS) is 11.2. The summed E-state index contributed by atoms with van der Waals surface area (Å²) in [5.41, 5.74) is 3.01. The second-order valence-corrected chi connectivity index (χ2v) is 3.08. The molecule has 0 atom stereocenters. The summed E-state index contributed by atoms with van der Waals surface area (Å²) in [4.78, 5) is 21.6. The Labute approximate surface area is 92.3 Å². The number of Topliss-reactive ketones (excluding diaryl/α,β-unsaturated/α-hetero) is 1. The highest BCUT2D eigenvalue weighted by atomic mass is 19.4. The molecule has 1 aromatic carbocycles. The summed E-state index contributed by atoms with van der Waals surface area (Å²) < 4.78 is 36.3. The standard InChI is InChI=1S/C9H6F3NO4/c10-9(11,12)7(16)3-1-4(8(13)17)6(15)5(14)2-3/h1-2,14-15H,(H2,13,17). The molecule has 0 saturated carbocycles. The first-order chi connectivity index (χ1) is 7.64. The summed E-state index contributed by atoms with van der Waals surface area (Å²) >= 11 is 0. The minimum Gasteiger partial charge on any atom is -0.504 e. The fourth-order valence-electron chi connectivity index (χ4n) is 1.10. The molecule has 4 N–H and O–H groups in total. The van der Waals surface area contributed by atoms with Gasteiger partial charge in [0.05, 0.1) is 5.56 Å². The molecule has 0 bridgehead atoms. The molecule has 0 heterocycles. The number of nitrogens with two attached hydrogens (primary N) is 1. The number of carbonyl (C=O) groups excluding carboxylic acids is 2. The number of halogens is 3. The zero-order valence-electron chi connectivity index (χ0n) is 8.08. The number of hydrogen-bond donors (Lipinski definition) is 3. The highest BCUT2D eigenvalue weighted by Crippen LogP contribution is 2.32. The zero-order valence-corrected chi connectivity index (χ0v) is 8.08. The van der Waals surface area contributed by atoms with Gasteiger partial charge in [-0.25, -0.2) is 0 Å². The molecule has 0 saturated heterocycles. The highest BCUT2D eigenvalue weighted by Gasteiger charge is 2.40. The van der Waals surface area contributed by atoms with Crippen molar-refractivity contribution in [1.82, 2.24) is 0 Å². The SMILES string of the molecule is NC(=O)c1cc(C(=O)C(F)(F)F)cc(O)c1O. The largest absolute Gasteiger partial charge is 0.504 e. The Kier molecular flexibility index (Phi) is 2.99. The molecule has 0 unspecified atom stereocenters. The predicted octanol–water partition coefficient (Wildman–Crippen LogP) is 0.942. The minimum atomic E-state index is -5.15. The first-order valence-electron chi connectivity index (χ1n) is 4.12. The Morgan fingerprint density at radius 3 is 2.12 bits per heavy atom. The van der Waals surface area contributed by atoms with Gasteiger partial charge < -0.3 is 15.9 Å². The molecule has 0 aromatic heterocycles. The Morgan fingerprint density at radius 2 is 1.71 bits per heavy atom. The van der Waals surface area contributed by atoms with E-state index in [4.69, 9.17) is 15.9 Å². The predicted molar refractivity (Wildman–Crippen MR) is 48.7 cm³/mol. The molecule has 1 amide bonds. The summed E-state index contributed by atoms with van der Waals surface area (Å²) in [5.74, 6) is -5.53. The molecule has 0 spiro atoms. The number of amides is 1. The van der Waals surface area contributed by atoms with Crippen molar-refractivity contribution in [2.75, 3.05) is 0 Å². The maximum Gasteiger partial charge on any atom is 0.454 e. The van der Waals surface area contributed by atoms with Gasteiger partial charge in [0, 0.05) is 5.56 Å². The molecule has 1 rings (SSSR count). The van der Waals surface area contributed by atoms with E-state index in [2.05, 4.69) is 0 Å². The van der Waals surface area contributed by atoms with E-state index in [0.29, 0.717) is 12.1 Å². The van der Waals surface area contributed by atoms with E-state index >= 15 is 0 Å². The second kappa shape index (κ2) is 3.96. The number of primary amides is 1. The van der Waals surface area contributed by atoms with Crippen LogP contribution in [0.2, 0.25) is 0 Å². The molecule has 0 aliphatic rings. The lowest BCUT2D eigenvalue weighted by atomic mass is 10.0. The zero-order chi connectivity index (χ0) is 13.4. The van der Waals surface area contributed by atoms with Gasteiger partial charge in [-0.15, -0.1) is 0 Å². The molecule has 0 fully saturated rings. The summed E-state index contributed by atoms with van der Waals surface area (Å²) in [6, 6.07) is 0.866. The molecule has 92 valence electrons. The fourth-order valence-corrected chi connectivity index (χ4v) is 1.10. The van der Waals surface area contributed by atoms with Crippen LogP contribution < -0.4 is 5.73 Å². The van der Waals surface area contributed by atoms with Crippen LogP contribution in [-0.2, 0) is 0 Å². The summed E-state index contributed by atoms with van der Waals surface area (Å²) in [6.07, 6.45) is -5.15. The Balaban J connectivity index is 3.39. The van der Waals surface area contributed by atoms with Gasteiger partial charge in [0.25, 0.3) is 11.7 Å². The first-order valence-corrected chi connectivity index (χ1v) is 4.12. The molecule has 5 nitrogen and oxygen atoms in total. The van der Waals surface area contributed by atoms with Crippen molar-refractivity contribution in [2.45, 2.75) is 6.18 Å². The van der Waals surface area contributed by atoms with E-state index in [1.54, 1.807) is 0 Å². The molecular formula is C9H6F3NO4. The minimum absolute atomic E-state index is 0.400. The van der Waals surface area contributed by atoms with Crippen LogP contribution in [0.4, 0.5) is 13.2 Å². The van der Waals surface area contributed by atoms with Gasteiger partial charge in [-0.2, -0.15) is 13.2 Å². The number of phenols is 2. The number of alkyl halides is 3. The summed E-state index contributed by atoms with van der Waals surface area (Å²) in [5, 5.41) is 18.2. The van der Waals surface area contributed by atoms with Gasteiger partial charge in [-0.3, -0.25) is 9.59 Å². The van der Waals surface area contributed by atoms with Gasteiger partial charge in [-0.1, -0.05) is 0 Å². The lowest BCUT2D eigenvalue weighted by Gasteiger charge is -2.08. The van der Waals surface area contributed by atoms with Crippen molar-refractivity contribution >= 4 is 11.7 Å². The van der Waals surface area contributed by atoms with E-state index in [1.165, 1.54) is 0 Å². The average Bonchev–Trinajstić information content (AvgIpc) is 2.19. The van der Waals surface area contributed by atoms with Gasteiger partial charge in [-0.05, 0) is 12.1 Å². The lowest BCUT2D eigenvalue weighted by molar-refractivity contribution is -0.0885. The number of ketones is 1. The van der Waals surface area contributed by atoms with Crippen LogP contribution in [0.5, 0.6) is 11.5 Å². The third-order valence-electron chi connectivity index (χ3n) is 1.87. The van der Waals surface area contributed by atoms with Crippen LogP contribution in [0.3, 0.4) is 0 Å². The van der Waals surface area contributed by atoms with Crippen molar-refractivity contribution in [3.8, 4) is 11.5 Å². The van der Waals surface area contributed by atoms with Gasteiger partial charge >= 0.3 is 6.18 Å². The monoisotopic (exact) mass is 249 g/mol. The van der Waals surface area contributed by atoms with Crippen LogP contribution in [0.1, 0.15) is 20.7 Å².